The second-order valence-corrected chi connectivity index (χ2v) is 7.87. The van der Waals surface area contributed by atoms with Crippen LogP contribution in [0.2, 0.25) is 0 Å². The third-order valence-corrected chi connectivity index (χ3v) is 5.72. The Labute approximate surface area is 152 Å². The van der Waals surface area contributed by atoms with Crippen molar-refractivity contribution in [2.45, 2.75) is 53.0 Å². The molecule has 2 rings (SSSR count). The van der Waals surface area contributed by atoms with Crippen LogP contribution < -0.4 is 10.6 Å². The summed E-state index contributed by atoms with van der Waals surface area (Å²) in [5.41, 5.74) is 1.15. The molecular formula is C17H27N5S2. The summed E-state index contributed by atoms with van der Waals surface area (Å²) in [4.78, 5) is 15.0. The van der Waals surface area contributed by atoms with Gasteiger partial charge in [-0.25, -0.2) is 15.0 Å². The van der Waals surface area contributed by atoms with Crippen LogP contribution in [0.4, 0.5) is 0 Å². The number of hydrogen-bond acceptors (Lipinski definition) is 5. The van der Waals surface area contributed by atoms with Crippen molar-refractivity contribution in [1.29, 1.82) is 0 Å². The van der Waals surface area contributed by atoms with Crippen LogP contribution in [-0.4, -0.2) is 29.0 Å². The lowest BCUT2D eigenvalue weighted by Crippen LogP contribution is -2.38. The van der Waals surface area contributed by atoms with E-state index in [9.17, 15) is 0 Å². The van der Waals surface area contributed by atoms with Crippen LogP contribution in [0.5, 0.6) is 0 Å². The fourth-order valence-electron chi connectivity index (χ4n) is 2.08. The third-order valence-electron chi connectivity index (χ3n) is 3.40. The first-order valence-electron chi connectivity index (χ1n) is 8.52. The van der Waals surface area contributed by atoms with Crippen molar-refractivity contribution in [2.24, 2.45) is 4.99 Å². The van der Waals surface area contributed by atoms with Crippen LogP contribution in [0.1, 0.15) is 54.2 Å². The van der Waals surface area contributed by atoms with E-state index in [0.717, 1.165) is 42.6 Å². The predicted octanol–water partition coefficient (Wildman–Crippen LogP) is 3.58. The molecule has 5 nitrogen and oxygen atoms in total. The zero-order valence-corrected chi connectivity index (χ0v) is 16.6. The zero-order chi connectivity index (χ0) is 17.4. The molecule has 0 saturated carbocycles. The zero-order valence-electron chi connectivity index (χ0n) is 14.9. The molecule has 2 aromatic heterocycles. The Morgan fingerprint density at radius 2 is 2.12 bits per heavy atom. The number of rotatable bonds is 8. The molecule has 0 fully saturated rings. The van der Waals surface area contributed by atoms with Gasteiger partial charge in [-0.2, -0.15) is 0 Å². The molecule has 2 heterocycles. The van der Waals surface area contributed by atoms with E-state index in [4.69, 9.17) is 0 Å². The van der Waals surface area contributed by atoms with Gasteiger partial charge in [-0.15, -0.1) is 22.7 Å². The minimum atomic E-state index is 0.502. The molecule has 0 aliphatic rings. The molecule has 2 N–H and O–H groups in total. The standard InChI is InChI=1S/C17H27N5S2/c1-5-14-9-20-15(24-14)10-21-17(18-6-2)19-8-7-13-11-23-16(22-13)12(3)4/h9,11-12H,5-8,10H2,1-4H3,(H2,18,19,21). The Morgan fingerprint density at radius 1 is 1.29 bits per heavy atom. The maximum Gasteiger partial charge on any atom is 0.191 e. The first-order chi connectivity index (χ1) is 11.6. The van der Waals surface area contributed by atoms with Gasteiger partial charge < -0.3 is 10.6 Å². The molecule has 24 heavy (non-hydrogen) atoms. The smallest absolute Gasteiger partial charge is 0.191 e. The number of aryl methyl sites for hydroxylation is 1. The third kappa shape index (κ3) is 5.87. The van der Waals surface area contributed by atoms with Crippen molar-refractivity contribution in [3.63, 3.8) is 0 Å². The van der Waals surface area contributed by atoms with E-state index in [1.54, 1.807) is 22.7 Å². The minimum Gasteiger partial charge on any atom is -0.357 e. The molecule has 132 valence electrons. The summed E-state index contributed by atoms with van der Waals surface area (Å²) in [7, 11) is 0. The van der Waals surface area contributed by atoms with Gasteiger partial charge in [0.1, 0.15) is 5.01 Å². The number of nitrogens with one attached hydrogen (secondary N) is 2. The minimum absolute atomic E-state index is 0.502. The van der Waals surface area contributed by atoms with Gasteiger partial charge in [0.2, 0.25) is 0 Å². The Bertz CT molecular complexity index is 645. The topological polar surface area (TPSA) is 62.2 Å². The van der Waals surface area contributed by atoms with Gasteiger partial charge in [0, 0.05) is 41.9 Å². The van der Waals surface area contributed by atoms with E-state index in [1.165, 1.54) is 9.88 Å². The molecule has 0 aliphatic carbocycles. The van der Waals surface area contributed by atoms with Crippen molar-refractivity contribution in [1.82, 2.24) is 20.6 Å². The molecule has 0 aliphatic heterocycles. The highest BCUT2D eigenvalue weighted by atomic mass is 32.1. The lowest BCUT2D eigenvalue weighted by atomic mass is 10.2. The predicted molar refractivity (Wildman–Crippen MR) is 104 cm³/mol. The summed E-state index contributed by atoms with van der Waals surface area (Å²) >= 11 is 3.48. The maximum absolute atomic E-state index is 4.67. The summed E-state index contributed by atoms with van der Waals surface area (Å²) in [6.45, 7) is 10.9. The Kier molecular flexibility index (Phi) is 7.65. The quantitative estimate of drug-likeness (QED) is 0.554. The van der Waals surface area contributed by atoms with Crippen molar-refractivity contribution in [3.05, 3.63) is 32.2 Å². The monoisotopic (exact) mass is 365 g/mol. The maximum atomic E-state index is 4.67. The fourth-order valence-corrected chi connectivity index (χ4v) is 3.74. The van der Waals surface area contributed by atoms with Gasteiger partial charge in [0.15, 0.2) is 5.96 Å². The number of aromatic nitrogens is 2. The van der Waals surface area contributed by atoms with Crippen molar-refractivity contribution < 1.29 is 0 Å². The van der Waals surface area contributed by atoms with E-state index in [2.05, 4.69) is 58.7 Å². The molecule has 0 amide bonds. The first-order valence-corrected chi connectivity index (χ1v) is 10.2. The highest BCUT2D eigenvalue weighted by Crippen LogP contribution is 2.19. The summed E-state index contributed by atoms with van der Waals surface area (Å²) in [6.07, 6.45) is 3.89. The summed E-state index contributed by atoms with van der Waals surface area (Å²) in [5.74, 6) is 1.34. The average Bonchev–Trinajstić information content (AvgIpc) is 3.21. The van der Waals surface area contributed by atoms with Crippen molar-refractivity contribution >= 4 is 28.6 Å². The summed E-state index contributed by atoms with van der Waals surface area (Å²) in [5, 5.41) is 11.1. The lowest BCUT2D eigenvalue weighted by molar-refractivity contribution is 0.780. The molecule has 0 aromatic carbocycles. The Hall–Kier alpha value is -1.47. The van der Waals surface area contributed by atoms with E-state index >= 15 is 0 Å². The lowest BCUT2D eigenvalue weighted by Gasteiger charge is -2.10. The Morgan fingerprint density at radius 3 is 2.75 bits per heavy atom. The van der Waals surface area contributed by atoms with Crippen molar-refractivity contribution in [2.75, 3.05) is 13.1 Å². The van der Waals surface area contributed by atoms with Crippen LogP contribution >= 0.6 is 22.7 Å². The second-order valence-electron chi connectivity index (χ2n) is 5.78. The van der Waals surface area contributed by atoms with Gasteiger partial charge in [0.05, 0.1) is 17.2 Å². The molecule has 0 unspecified atom stereocenters. The van der Waals surface area contributed by atoms with Gasteiger partial charge in [-0.05, 0) is 13.3 Å². The van der Waals surface area contributed by atoms with Crippen LogP contribution in [0.15, 0.2) is 16.6 Å². The number of guanidine groups is 1. The number of hydrogen-bond donors (Lipinski definition) is 2. The highest BCUT2D eigenvalue weighted by molar-refractivity contribution is 7.11. The molecular weight excluding hydrogens is 338 g/mol. The van der Waals surface area contributed by atoms with Crippen LogP contribution in [0.3, 0.4) is 0 Å². The van der Waals surface area contributed by atoms with Gasteiger partial charge >= 0.3 is 0 Å². The summed E-state index contributed by atoms with van der Waals surface area (Å²) < 4.78 is 0. The molecule has 0 bridgehead atoms. The molecule has 0 radical (unpaired) electrons. The van der Waals surface area contributed by atoms with E-state index in [0.29, 0.717) is 12.5 Å². The summed E-state index contributed by atoms with van der Waals surface area (Å²) in [6, 6.07) is 0. The SMILES string of the molecule is CCNC(=NCc1ncc(CC)s1)NCCc1csc(C(C)C)n1. The largest absolute Gasteiger partial charge is 0.357 e. The van der Waals surface area contributed by atoms with E-state index < -0.39 is 0 Å². The number of nitrogens with zero attached hydrogens (tertiary/aromatic N) is 3. The van der Waals surface area contributed by atoms with Crippen LogP contribution in [0, 0.1) is 0 Å². The second kappa shape index (κ2) is 9.74. The molecule has 0 spiro atoms. The number of thiazole rings is 2. The van der Waals surface area contributed by atoms with Crippen LogP contribution in [-0.2, 0) is 19.4 Å². The van der Waals surface area contributed by atoms with Crippen LogP contribution in [0.25, 0.3) is 0 Å². The molecule has 0 saturated heterocycles. The highest BCUT2D eigenvalue weighted by Gasteiger charge is 2.06. The average molecular weight is 366 g/mol. The van der Waals surface area contributed by atoms with Gasteiger partial charge in [-0.3, -0.25) is 0 Å². The molecule has 7 heteroatoms. The normalized spacial score (nSPS) is 12.0. The number of aliphatic imine (C=N–C) groups is 1. The fraction of sp³-hybridized carbons (Fsp3) is 0.588. The first kappa shape index (κ1) is 18.9. The molecule has 2 aromatic rings. The Balaban J connectivity index is 1.84. The van der Waals surface area contributed by atoms with Crippen molar-refractivity contribution in [3.8, 4) is 0 Å². The van der Waals surface area contributed by atoms with E-state index in [-0.39, 0.29) is 0 Å². The van der Waals surface area contributed by atoms with Gasteiger partial charge in [-0.1, -0.05) is 20.8 Å². The van der Waals surface area contributed by atoms with Gasteiger partial charge in [0.25, 0.3) is 0 Å². The molecule has 0 atom stereocenters. The van der Waals surface area contributed by atoms with E-state index in [1.807, 2.05) is 6.20 Å².